The third-order valence-corrected chi connectivity index (χ3v) is 3.78. The molecule has 0 aromatic heterocycles. The van der Waals surface area contributed by atoms with Crippen LogP contribution in [0.5, 0.6) is 5.75 Å². The summed E-state index contributed by atoms with van der Waals surface area (Å²) in [6, 6.07) is 15.6. The highest BCUT2D eigenvalue weighted by Gasteiger charge is 2.29. The first-order valence-electron chi connectivity index (χ1n) is 6.67. The van der Waals surface area contributed by atoms with E-state index < -0.39 is 0 Å². The van der Waals surface area contributed by atoms with Crippen LogP contribution in [0.4, 0.5) is 5.69 Å². The largest absolute Gasteiger partial charge is 0.497 e. The fourth-order valence-corrected chi connectivity index (χ4v) is 2.74. The molecule has 0 aliphatic carbocycles. The van der Waals surface area contributed by atoms with Gasteiger partial charge in [0, 0.05) is 16.8 Å². The molecular formula is C16H16ClN3O. The molecule has 1 aliphatic rings. The fraction of sp³-hybridized carbons (Fsp3) is 0.188. The Bertz CT molecular complexity index is 687. The highest BCUT2D eigenvalue weighted by atomic mass is 35.5. The van der Waals surface area contributed by atoms with Gasteiger partial charge >= 0.3 is 0 Å². The topological polar surface area (TPSA) is 50.9 Å². The molecule has 4 nitrogen and oxygen atoms in total. The van der Waals surface area contributed by atoms with Gasteiger partial charge in [-0.2, -0.15) is 0 Å². The second kappa shape index (κ2) is 5.66. The van der Waals surface area contributed by atoms with Crippen LogP contribution < -0.4 is 15.4 Å². The summed E-state index contributed by atoms with van der Waals surface area (Å²) in [6.07, 6.45) is 0. The lowest BCUT2D eigenvalue weighted by atomic mass is 10.1. The summed E-state index contributed by atoms with van der Waals surface area (Å²) in [7, 11) is 1.65. The third kappa shape index (κ3) is 2.67. The molecule has 2 N–H and O–H groups in total. The van der Waals surface area contributed by atoms with Crippen LogP contribution in [0.2, 0.25) is 5.02 Å². The number of nitrogens with two attached hydrogens (primary N) is 1. The molecule has 0 bridgehead atoms. The Hall–Kier alpha value is -2.20. The van der Waals surface area contributed by atoms with Crippen molar-refractivity contribution in [2.24, 2.45) is 10.7 Å². The molecule has 3 rings (SSSR count). The Morgan fingerprint density at radius 3 is 2.81 bits per heavy atom. The van der Waals surface area contributed by atoms with Crippen LogP contribution in [-0.4, -0.2) is 19.6 Å². The van der Waals surface area contributed by atoms with Crippen LogP contribution in [0.25, 0.3) is 0 Å². The molecule has 0 fully saturated rings. The van der Waals surface area contributed by atoms with E-state index in [1.165, 1.54) is 0 Å². The molecule has 1 atom stereocenters. The van der Waals surface area contributed by atoms with Crippen molar-refractivity contribution in [3.63, 3.8) is 0 Å². The minimum atomic E-state index is 0.0517. The standard InChI is InChI=1S/C16H16ClN3O/c1-21-14-7-3-6-13(9-14)20-15(10-19-16(20)18)11-4-2-5-12(17)8-11/h2-9,15H,10H2,1H3,(H2,18,19). The summed E-state index contributed by atoms with van der Waals surface area (Å²) >= 11 is 6.09. The van der Waals surface area contributed by atoms with E-state index in [0.29, 0.717) is 17.5 Å². The summed E-state index contributed by atoms with van der Waals surface area (Å²) in [5, 5.41) is 0.712. The van der Waals surface area contributed by atoms with E-state index in [9.17, 15) is 0 Å². The maximum atomic E-state index is 6.09. The number of methoxy groups -OCH3 is 1. The lowest BCUT2D eigenvalue weighted by Gasteiger charge is -2.27. The number of halogens is 1. The molecule has 2 aromatic rings. The van der Waals surface area contributed by atoms with Crippen molar-refractivity contribution >= 4 is 23.2 Å². The molecule has 108 valence electrons. The van der Waals surface area contributed by atoms with Gasteiger partial charge in [0.2, 0.25) is 0 Å². The number of benzene rings is 2. The first kappa shape index (κ1) is 13.8. The summed E-state index contributed by atoms with van der Waals surface area (Å²) < 4.78 is 5.28. The monoisotopic (exact) mass is 301 g/mol. The Morgan fingerprint density at radius 2 is 2.05 bits per heavy atom. The molecule has 0 spiro atoms. The summed E-state index contributed by atoms with van der Waals surface area (Å²) in [5.41, 5.74) is 8.12. The van der Waals surface area contributed by atoms with Crippen LogP contribution in [0.1, 0.15) is 11.6 Å². The van der Waals surface area contributed by atoms with E-state index in [1.807, 2.05) is 53.4 Å². The van der Waals surface area contributed by atoms with Gasteiger partial charge in [0.25, 0.3) is 0 Å². The number of aliphatic imine (C=N–C) groups is 1. The van der Waals surface area contributed by atoms with Gasteiger partial charge in [-0.15, -0.1) is 0 Å². The molecule has 21 heavy (non-hydrogen) atoms. The highest BCUT2D eigenvalue weighted by molar-refractivity contribution is 6.30. The average molecular weight is 302 g/mol. The van der Waals surface area contributed by atoms with Crippen molar-refractivity contribution in [2.75, 3.05) is 18.6 Å². The van der Waals surface area contributed by atoms with E-state index in [0.717, 1.165) is 17.0 Å². The van der Waals surface area contributed by atoms with Gasteiger partial charge in [0.05, 0.1) is 19.7 Å². The first-order chi connectivity index (χ1) is 10.2. The minimum absolute atomic E-state index is 0.0517. The van der Waals surface area contributed by atoms with E-state index in [2.05, 4.69) is 4.99 Å². The van der Waals surface area contributed by atoms with Gasteiger partial charge in [-0.25, -0.2) is 0 Å². The van der Waals surface area contributed by atoms with Gasteiger partial charge in [0.15, 0.2) is 5.96 Å². The highest BCUT2D eigenvalue weighted by Crippen LogP contribution is 2.33. The van der Waals surface area contributed by atoms with E-state index >= 15 is 0 Å². The molecule has 0 saturated carbocycles. The Morgan fingerprint density at radius 1 is 1.24 bits per heavy atom. The molecule has 1 unspecified atom stereocenters. The Labute approximate surface area is 128 Å². The summed E-state index contributed by atoms with van der Waals surface area (Å²) in [5.74, 6) is 1.30. The predicted octanol–water partition coefficient (Wildman–Crippen LogP) is 3.22. The SMILES string of the molecule is COc1cccc(N2C(N)=NCC2c2cccc(Cl)c2)c1. The van der Waals surface area contributed by atoms with Crippen LogP contribution >= 0.6 is 11.6 Å². The summed E-state index contributed by atoms with van der Waals surface area (Å²) in [4.78, 5) is 6.38. The van der Waals surface area contributed by atoms with Crippen molar-refractivity contribution in [2.45, 2.75) is 6.04 Å². The van der Waals surface area contributed by atoms with E-state index in [-0.39, 0.29) is 6.04 Å². The number of hydrogen-bond donors (Lipinski definition) is 1. The third-order valence-electron chi connectivity index (χ3n) is 3.55. The van der Waals surface area contributed by atoms with Crippen LogP contribution in [0.3, 0.4) is 0 Å². The van der Waals surface area contributed by atoms with Gasteiger partial charge in [0.1, 0.15) is 5.75 Å². The minimum Gasteiger partial charge on any atom is -0.497 e. The number of ether oxygens (including phenoxy) is 1. The van der Waals surface area contributed by atoms with Gasteiger partial charge in [-0.1, -0.05) is 29.8 Å². The quantitative estimate of drug-likeness (QED) is 0.947. The zero-order valence-corrected chi connectivity index (χ0v) is 12.4. The normalized spacial score (nSPS) is 17.7. The number of nitrogens with zero attached hydrogens (tertiary/aromatic N) is 2. The Kier molecular flexibility index (Phi) is 3.71. The zero-order valence-electron chi connectivity index (χ0n) is 11.7. The van der Waals surface area contributed by atoms with Crippen molar-refractivity contribution in [1.82, 2.24) is 0 Å². The van der Waals surface area contributed by atoms with Gasteiger partial charge < -0.3 is 15.4 Å². The van der Waals surface area contributed by atoms with E-state index in [1.54, 1.807) is 7.11 Å². The number of anilines is 1. The predicted molar refractivity (Wildman–Crippen MR) is 86.2 cm³/mol. The molecule has 1 aliphatic heterocycles. The molecule has 1 heterocycles. The maximum Gasteiger partial charge on any atom is 0.196 e. The molecule has 0 radical (unpaired) electrons. The lowest BCUT2D eigenvalue weighted by Crippen LogP contribution is -2.36. The Balaban J connectivity index is 1.99. The number of hydrogen-bond acceptors (Lipinski definition) is 4. The van der Waals surface area contributed by atoms with Crippen molar-refractivity contribution < 1.29 is 4.74 Å². The molecule has 0 amide bonds. The lowest BCUT2D eigenvalue weighted by molar-refractivity contribution is 0.415. The van der Waals surface area contributed by atoms with Crippen LogP contribution in [0.15, 0.2) is 53.5 Å². The van der Waals surface area contributed by atoms with Crippen molar-refractivity contribution in [3.05, 3.63) is 59.1 Å². The second-order valence-electron chi connectivity index (χ2n) is 4.84. The van der Waals surface area contributed by atoms with Crippen molar-refractivity contribution in [3.8, 4) is 5.75 Å². The average Bonchev–Trinajstić information content (AvgIpc) is 2.89. The summed E-state index contributed by atoms with van der Waals surface area (Å²) in [6.45, 7) is 0.614. The van der Waals surface area contributed by atoms with Gasteiger partial charge in [-0.3, -0.25) is 4.99 Å². The van der Waals surface area contributed by atoms with E-state index in [4.69, 9.17) is 22.1 Å². The van der Waals surface area contributed by atoms with Crippen LogP contribution in [0, 0.1) is 0 Å². The number of rotatable bonds is 3. The maximum absolute atomic E-state index is 6.09. The molecule has 2 aromatic carbocycles. The zero-order chi connectivity index (χ0) is 14.8. The smallest absolute Gasteiger partial charge is 0.196 e. The van der Waals surface area contributed by atoms with Crippen LogP contribution in [-0.2, 0) is 0 Å². The molecule has 0 saturated heterocycles. The van der Waals surface area contributed by atoms with Crippen molar-refractivity contribution in [1.29, 1.82) is 0 Å². The second-order valence-corrected chi connectivity index (χ2v) is 5.28. The fourth-order valence-electron chi connectivity index (χ4n) is 2.54. The van der Waals surface area contributed by atoms with Gasteiger partial charge in [-0.05, 0) is 29.8 Å². The molecule has 5 heteroatoms. The number of guanidine groups is 1. The molecular weight excluding hydrogens is 286 g/mol. The first-order valence-corrected chi connectivity index (χ1v) is 7.05.